The van der Waals surface area contributed by atoms with Crippen LogP contribution in [0.15, 0.2) is 48.8 Å². The van der Waals surface area contributed by atoms with Crippen molar-refractivity contribution in [3.8, 4) is 0 Å². The molecular weight excluding hydrogens is 274 g/mol. The number of nitrogens with zero attached hydrogens (tertiary/aromatic N) is 2. The standard InChI is InChI=1S/C18H19N3O/c1-3-14-8-6-7-13(2)18(14)20-17(22)11-21-12-19-15-9-4-5-10-16(15)21/h4-10,12H,3,11H2,1-2H3,(H,20,22). The lowest BCUT2D eigenvalue weighted by molar-refractivity contribution is -0.116. The number of hydrogen-bond acceptors (Lipinski definition) is 2. The van der Waals surface area contributed by atoms with Crippen molar-refractivity contribution in [1.82, 2.24) is 9.55 Å². The van der Waals surface area contributed by atoms with Crippen molar-refractivity contribution >= 4 is 22.6 Å². The Morgan fingerprint density at radius 1 is 1.18 bits per heavy atom. The number of para-hydroxylation sites is 3. The summed E-state index contributed by atoms with van der Waals surface area (Å²) >= 11 is 0. The number of hydrogen-bond donors (Lipinski definition) is 1. The van der Waals surface area contributed by atoms with E-state index in [0.717, 1.165) is 34.3 Å². The summed E-state index contributed by atoms with van der Waals surface area (Å²) in [6.07, 6.45) is 2.61. The molecule has 0 spiro atoms. The summed E-state index contributed by atoms with van der Waals surface area (Å²) in [6.45, 7) is 4.37. The second-order valence-corrected chi connectivity index (χ2v) is 5.37. The summed E-state index contributed by atoms with van der Waals surface area (Å²) in [5.74, 6) is -0.0350. The summed E-state index contributed by atoms with van der Waals surface area (Å²) < 4.78 is 1.87. The highest BCUT2D eigenvalue weighted by atomic mass is 16.1. The number of nitrogens with one attached hydrogen (secondary N) is 1. The summed E-state index contributed by atoms with van der Waals surface area (Å²) in [7, 11) is 0. The predicted octanol–water partition coefficient (Wildman–Crippen LogP) is 3.55. The van der Waals surface area contributed by atoms with Gasteiger partial charge in [0.1, 0.15) is 6.54 Å². The van der Waals surface area contributed by atoms with Gasteiger partial charge in [-0.05, 0) is 36.6 Å². The van der Waals surface area contributed by atoms with Crippen molar-refractivity contribution in [3.63, 3.8) is 0 Å². The zero-order valence-electron chi connectivity index (χ0n) is 12.8. The number of carbonyl (C=O) groups is 1. The molecule has 3 rings (SSSR count). The van der Waals surface area contributed by atoms with Crippen molar-refractivity contribution in [2.24, 2.45) is 0 Å². The molecule has 0 saturated carbocycles. The van der Waals surface area contributed by atoms with Gasteiger partial charge in [-0.15, -0.1) is 0 Å². The number of amides is 1. The molecule has 1 N–H and O–H groups in total. The van der Waals surface area contributed by atoms with Crippen LogP contribution >= 0.6 is 0 Å². The monoisotopic (exact) mass is 293 g/mol. The first kappa shape index (κ1) is 14.3. The first-order valence-corrected chi connectivity index (χ1v) is 7.47. The minimum atomic E-state index is -0.0350. The number of aryl methyl sites for hydroxylation is 2. The van der Waals surface area contributed by atoms with Gasteiger partial charge in [0.05, 0.1) is 17.4 Å². The van der Waals surface area contributed by atoms with Crippen LogP contribution in [0.1, 0.15) is 18.1 Å². The topological polar surface area (TPSA) is 46.9 Å². The third-order valence-corrected chi connectivity index (χ3v) is 3.85. The van der Waals surface area contributed by atoms with Crippen LogP contribution in [0.25, 0.3) is 11.0 Å². The van der Waals surface area contributed by atoms with E-state index in [9.17, 15) is 4.79 Å². The molecule has 1 amide bonds. The number of aromatic nitrogens is 2. The van der Waals surface area contributed by atoms with Crippen molar-refractivity contribution in [1.29, 1.82) is 0 Å². The van der Waals surface area contributed by atoms with Crippen molar-refractivity contribution in [2.45, 2.75) is 26.8 Å². The van der Waals surface area contributed by atoms with Crippen LogP contribution in [0.5, 0.6) is 0 Å². The number of benzene rings is 2. The van der Waals surface area contributed by atoms with Gasteiger partial charge >= 0.3 is 0 Å². The lowest BCUT2D eigenvalue weighted by Gasteiger charge is -2.13. The van der Waals surface area contributed by atoms with E-state index < -0.39 is 0 Å². The summed E-state index contributed by atoms with van der Waals surface area (Å²) in [5.41, 5.74) is 5.05. The molecule has 0 atom stereocenters. The van der Waals surface area contributed by atoms with Crippen LogP contribution in [0.2, 0.25) is 0 Å². The molecule has 0 aliphatic carbocycles. The maximum Gasteiger partial charge on any atom is 0.244 e. The Morgan fingerprint density at radius 2 is 2.00 bits per heavy atom. The average molecular weight is 293 g/mol. The van der Waals surface area contributed by atoms with Crippen LogP contribution in [0.4, 0.5) is 5.69 Å². The first-order chi connectivity index (χ1) is 10.7. The molecule has 1 aromatic heterocycles. The lowest BCUT2D eigenvalue weighted by Crippen LogP contribution is -2.19. The molecule has 0 radical (unpaired) electrons. The number of rotatable bonds is 4. The van der Waals surface area contributed by atoms with Gasteiger partial charge in [0.2, 0.25) is 5.91 Å². The van der Waals surface area contributed by atoms with Crippen LogP contribution < -0.4 is 5.32 Å². The highest BCUT2D eigenvalue weighted by Gasteiger charge is 2.10. The molecule has 2 aromatic carbocycles. The fraction of sp³-hybridized carbons (Fsp3) is 0.222. The Bertz CT molecular complexity index is 820. The second-order valence-electron chi connectivity index (χ2n) is 5.37. The fourth-order valence-electron chi connectivity index (χ4n) is 2.67. The molecule has 1 heterocycles. The van der Waals surface area contributed by atoms with Gasteiger partial charge in [0, 0.05) is 5.69 Å². The van der Waals surface area contributed by atoms with Crippen LogP contribution in [-0.4, -0.2) is 15.5 Å². The van der Waals surface area contributed by atoms with E-state index in [-0.39, 0.29) is 12.5 Å². The molecule has 112 valence electrons. The van der Waals surface area contributed by atoms with Gasteiger partial charge in [-0.1, -0.05) is 37.3 Å². The number of fused-ring (bicyclic) bond motifs is 1. The van der Waals surface area contributed by atoms with Crippen LogP contribution in [-0.2, 0) is 17.8 Å². The number of anilines is 1. The Labute approximate surface area is 129 Å². The zero-order chi connectivity index (χ0) is 15.5. The van der Waals surface area contributed by atoms with Crippen LogP contribution in [0, 0.1) is 6.92 Å². The maximum atomic E-state index is 12.4. The third kappa shape index (κ3) is 2.72. The molecular formula is C18H19N3O. The fourth-order valence-corrected chi connectivity index (χ4v) is 2.67. The van der Waals surface area contributed by atoms with Crippen molar-refractivity contribution < 1.29 is 4.79 Å². The minimum absolute atomic E-state index is 0.0350. The van der Waals surface area contributed by atoms with E-state index in [1.807, 2.05) is 47.9 Å². The molecule has 0 unspecified atom stereocenters. The van der Waals surface area contributed by atoms with Gasteiger partial charge in [0.25, 0.3) is 0 Å². The zero-order valence-corrected chi connectivity index (χ0v) is 12.8. The van der Waals surface area contributed by atoms with E-state index in [1.54, 1.807) is 6.33 Å². The van der Waals surface area contributed by atoms with E-state index in [1.165, 1.54) is 0 Å². The Kier molecular flexibility index (Phi) is 3.92. The van der Waals surface area contributed by atoms with Gasteiger partial charge in [-0.3, -0.25) is 4.79 Å². The quantitative estimate of drug-likeness (QED) is 0.799. The third-order valence-electron chi connectivity index (χ3n) is 3.85. The molecule has 0 fully saturated rings. The summed E-state index contributed by atoms with van der Waals surface area (Å²) in [5, 5.41) is 3.05. The van der Waals surface area contributed by atoms with Crippen LogP contribution in [0.3, 0.4) is 0 Å². The van der Waals surface area contributed by atoms with E-state index in [2.05, 4.69) is 23.3 Å². The Hall–Kier alpha value is -2.62. The predicted molar refractivity (Wildman–Crippen MR) is 88.9 cm³/mol. The van der Waals surface area contributed by atoms with Gasteiger partial charge in [-0.25, -0.2) is 4.98 Å². The minimum Gasteiger partial charge on any atom is -0.324 e. The highest BCUT2D eigenvalue weighted by Crippen LogP contribution is 2.21. The van der Waals surface area contributed by atoms with Crippen molar-refractivity contribution in [2.75, 3.05) is 5.32 Å². The smallest absolute Gasteiger partial charge is 0.244 e. The molecule has 4 nitrogen and oxygen atoms in total. The Morgan fingerprint density at radius 3 is 2.82 bits per heavy atom. The number of carbonyl (C=O) groups excluding carboxylic acids is 1. The maximum absolute atomic E-state index is 12.4. The average Bonchev–Trinajstić information content (AvgIpc) is 2.92. The molecule has 0 bridgehead atoms. The molecule has 3 aromatic rings. The van der Waals surface area contributed by atoms with Gasteiger partial charge in [0.15, 0.2) is 0 Å². The van der Waals surface area contributed by atoms with E-state index in [4.69, 9.17) is 0 Å². The summed E-state index contributed by atoms with van der Waals surface area (Å²) in [4.78, 5) is 16.7. The first-order valence-electron chi connectivity index (χ1n) is 7.47. The molecule has 0 aliphatic heterocycles. The largest absolute Gasteiger partial charge is 0.324 e. The Balaban J connectivity index is 1.81. The van der Waals surface area contributed by atoms with E-state index >= 15 is 0 Å². The van der Waals surface area contributed by atoms with Crippen molar-refractivity contribution in [3.05, 3.63) is 59.9 Å². The van der Waals surface area contributed by atoms with Gasteiger partial charge < -0.3 is 9.88 Å². The highest BCUT2D eigenvalue weighted by molar-refractivity contribution is 5.93. The molecule has 0 saturated heterocycles. The normalized spacial score (nSPS) is 10.8. The van der Waals surface area contributed by atoms with Gasteiger partial charge in [-0.2, -0.15) is 0 Å². The molecule has 0 aliphatic rings. The lowest BCUT2D eigenvalue weighted by atomic mass is 10.1. The number of imidazole rings is 1. The molecule has 4 heteroatoms. The second kappa shape index (κ2) is 6.02. The summed E-state index contributed by atoms with van der Waals surface area (Å²) in [6, 6.07) is 13.9. The SMILES string of the molecule is CCc1cccc(C)c1NC(=O)Cn1cnc2ccccc21. The van der Waals surface area contributed by atoms with E-state index in [0.29, 0.717) is 0 Å². The molecule has 22 heavy (non-hydrogen) atoms.